The van der Waals surface area contributed by atoms with Crippen LogP contribution in [0.25, 0.3) is 0 Å². The minimum atomic E-state index is -0.811. The first kappa shape index (κ1) is 16.8. The van der Waals surface area contributed by atoms with Crippen molar-refractivity contribution in [3.8, 4) is 0 Å². The molecule has 128 valence electrons. The molecule has 2 N–H and O–H groups in total. The lowest BCUT2D eigenvalue weighted by Gasteiger charge is -2.19. The molecule has 1 saturated carbocycles. The van der Waals surface area contributed by atoms with E-state index in [9.17, 15) is 9.18 Å². The highest BCUT2D eigenvalue weighted by Crippen LogP contribution is 2.33. The lowest BCUT2D eigenvalue weighted by atomic mass is 10.1. The number of rotatable bonds is 4. The van der Waals surface area contributed by atoms with E-state index in [0.717, 1.165) is 29.0 Å². The van der Waals surface area contributed by atoms with E-state index in [4.69, 9.17) is 5.73 Å². The molecule has 1 fully saturated rings. The SMILES string of the molecule is C/C(=N\N=C(\c1ccccc1)C1CC1)N(C(N)=O)c1ccccc1F. The van der Waals surface area contributed by atoms with Gasteiger partial charge in [-0.3, -0.25) is 0 Å². The van der Waals surface area contributed by atoms with Gasteiger partial charge in [-0.05, 0) is 37.5 Å². The zero-order valence-corrected chi connectivity index (χ0v) is 13.9. The number of carbonyl (C=O) groups is 1. The minimum Gasteiger partial charge on any atom is -0.351 e. The highest BCUT2D eigenvalue weighted by Gasteiger charge is 2.29. The lowest BCUT2D eigenvalue weighted by molar-refractivity contribution is 0.256. The van der Waals surface area contributed by atoms with Gasteiger partial charge in [0.2, 0.25) is 0 Å². The number of nitrogens with zero attached hydrogens (tertiary/aromatic N) is 3. The molecule has 2 aromatic rings. The van der Waals surface area contributed by atoms with Crippen molar-refractivity contribution in [2.24, 2.45) is 21.9 Å². The van der Waals surface area contributed by atoms with Gasteiger partial charge < -0.3 is 5.73 Å². The van der Waals surface area contributed by atoms with Crippen molar-refractivity contribution in [3.63, 3.8) is 0 Å². The molecule has 0 unspecified atom stereocenters. The van der Waals surface area contributed by atoms with Crippen molar-refractivity contribution in [1.29, 1.82) is 0 Å². The summed E-state index contributed by atoms with van der Waals surface area (Å²) in [5, 5.41) is 8.51. The second-order valence-electron chi connectivity index (χ2n) is 5.90. The Morgan fingerprint density at radius 3 is 2.32 bits per heavy atom. The van der Waals surface area contributed by atoms with Crippen LogP contribution < -0.4 is 10.6 Å². The molecule has 0 saturated heterocycles. The molecule has 0 aromatic heterocycles. The molecule has 0 bridgehead atoms. The van der Waals surface area contributed by atoms with E-state index in [1.807, 2.05) is 30.3 Å². The number of anilines is 1. The summed E-state index contributed by atoms with van der Waals surface area (Å²) in [4.78, 5) is 12.8. The Labute approximate surface area is 145 Å². The van der Waals surface area contributed by atoms with E-state index < -0.39 is 11.8 Å². The quantitative estimate of drug-likeness (QED) is 0.512. The number of urea groups is 1. The number of primary amides is 1. The molecule has 1 aliphatic rings. The van der Waals surface area contributed by atoms with E-state index in [1.165, 1.54) is 12.1 Å². The number of amidine groups is 1. The standard InChI is InChI=1S/C19H19FN4O/c1-13(24(19(21)25)17-10-6-5-9-16(17)20)22-23-18(15-11-12-15)14-7-3-2-4-8-14/h2-10,15H,11-12H2,1H3,(H2,21,25)/b22-13+,23-18-. The fraction of sp³-hybridized carbons (Fsp3) is 0.211. The van der Waals surface area contributed by atoms with Crippen LogP contribution in [0.5, 0.6) is 0 Å². The number of halogens is 1. The summed E-state index contributed by atoms with van der Waals surface area (Å²) in [5.74, 6) is 0.0337. The normalized spacial score (nSPS) is 15.1. The Bertz CT molecular complexity index is 828. The fourth-order valence-corrected chi connectivity index (χ4v) is 2.60. The van der Waals surface area contributed by atoms with Gasteiger partial charge in [-0.2, -0.15) is 5.10 Å². The number of para-hydroxylation sites is 1. The summed E-state index contributed by atoms with van der Waals surface area (Å²) in [7, 11) is 0. The third-order valence-electron chi connectivity index (χ3n) is 3.97. The van der Waals surface area contributed by atoms with Crippen molar-refractivity contribution >= 4 is 23.3 Å². The van der Waals surface area contributed by atoms with E-state index in [-0.39, 0.29) is 11.5 Å². The fourth-order valence-electron chi connectivity index (χ4n) is 2.60. The molecular weight excluding hydrogens is 319 g/mol. The second kappa shape index (κ2) is 7.25. The van der Waals surface area contributed by atoms with Gasteiger partial charge in [0, 0.05) is 5.92 Å². The summed E-state index contributed by atoms with van der Waals surface area (Å²) in [6.45, 7) is 1.58. The summed E-state index contributed by atoms with van der Waals surface area (Å²) in [5.41, 5.74) is 7.35. The van der Waals surface area contributed by atoms with Crippen LogP contribution in [-0.2, 0) is 0 Å². The first-order valence-electron chi connectivity index (χ1n) is 8.09. The van der Waals surface area contributed by atoms with Gasteiger partial charge in [0.15, 0.2) is 0 Å². The molecule has 0 spiro atoms. The predicted molar refractivity (Wildman–Crippen MR) is 97.3 cm³/mol. The largest absolute Gasteiger partial charge is 0.351 e. The molecule has 1 aliphatic carbocycles. The molecule has 2 amide bonds. The van der Waals surface area contributed by atoms with Crippen LogP contribution in [0.1, 0.15) is 25.3 Å². The Kier molecular flexibility index (Phi) is 4.88. The van der Waals surface area contributed by atoms with Crippen molar-refractivity contribution in [2.75, 3.05) is 4.90 Å². The number of amides is 2. The predicted octanol–water partition coefficient (Wildman–Crippen LogP) is 3.94. The zero-order valence-electron chi connectivity index (χ0n) is 13.9. The van der Waals surface area contributed by atoms with Gasteiger partial charge in [0.1, 0.15) is 11.7 Å². The molecule has 6 heteroatoms. The average molecular weight is 338 g/mol. The lowest BCUT2D eigenvalue weighted by Crippen LogP contribution is -2.40. The first-order valence-corrected chi connectivity index (χ1v) is 8.09. The molecule has 3 rings (SSSR count). The summed E-state index contributed by atoms with van der Waals surface area (Å²) < 4.78 is 14.0. The topological polar surface area (TPSA) is 71.1 Å². The van der Waals surface area contributed by atoms with Crippen molar-refractivity contribution in [3.05, 3.63) is 66.0 Å². The van der Waals surface area contributed by atoms with E-state index in [1.54, 1.807) is 19.1 Å². The Morgan fingerprint density at radius 2 is 1.72 bits per heavy atom. The minimum absolute atomic E-state index is 0.0548. The number of hydrogen-bond acceptors (Lipinski definition) is 3. The van der Waals surface area contributed by atoms with Crippen molar-refractivity contribution < 1.29 is 9.18 Å². The highest BCUT2D eigenvalue weighted by molar-refractivity contribution is 6.15. The number of nitrogens with two attached hydrogens (primary N) is 1. The van der Waals surface area contributed by atoms with Crippen LogP contribution in [0.4, 0.5) is 14.9 Å². The summed E-state index contributed by atoms with van der Waals surface area (Å²) in [6, 6.07) is 14.9. The Morgan fingerprint density at radius 1 is 1.08 bits per heavy atom. The van der Waals surface area contributed by atoms with Gasteiger partial charge in [-0.25, -0.2) is 14.1 Å². The molecule has 5 nitrogen and oxygen atoms in total. The summed E-state index contributed by atoms with van der Waals surface area (Å²) in [6.07, 6.45) is 2.13. The Balaban J connectivity index is 1.95. The number of benzene rings is 2. The zero-order chi connectivity index (χ0) is 17.8. The second-order valence-corrected chi connectivity index (χ2v) is 5.90. The van der Waals surface area contributed by atoms with E-state index in [2.05, 4.69) is 10.2 Å². The smallest absolute Gasteiger partial charge is 0.324 e. The maximum atomic E-state index is 14.0. The van der Waals surface area contributed by atoms with Crippen LogP contribution in [0.2, 0.25) is 0 Å². The van der Waals surface area contributed by atoms with Crippen molar-refractivity contribution in [1.82, 2.24) is 0 Å². The van der Waals surface area contributed by atoms with Crippen LogP contribution >= 0.6 is 0 Å². The van der Waals surface area contributed by atoms with Crippen LogP contribution in [0, 0.1) is 11.7 Å². The first-order chi connectivity index (χ1) is 12.1. The molecule has 0 heterocycles. The van der Waals surface area contributed by atoms with Gasteiger partial charge in [-0.15, -0.1) is 5.10 Å². The maximum absolute atomic E-state index is 14.0. The van der Waals surface area contributed by atoms with Crippen molar-refractivity contribution in [2.45, 2.75) is 19.8 Å². The van der Waals surface area contributed by atoms with E-state index >= 15 is 0 Å². The van der Waals surface area contributed by atoms with Gasteiger partial charge >= 0.3 is 6.03 Å². The third-order valence-corrected chi connectivity index (χ3v) is 3.97. The number of hydrogen-bond donors (Lipinski definition) is 1. The third kappa shape index (κ3) is 3.91. The van der Waals surface area contributed by atoms with Gasteiger partial charge in [0.05, 0.1) is 11.4 Å². The van der Waals surface area contributed by atoms with E-state index in [0.29, 0.717) is 5.92 Å². The monoisotopic (exact) mass is 338 g/mol. The molecule has 0 radical (unpaired) electrons. The molecule has 0 aliphatic heterocycles. The summed E-state index contributed by atoms with van der Waals surface area (Å²) >= 11 is 0. The Hall–Kier alpha value is -3.02. The molecular formula is C19H19FN4O. The van der Waals surface area contributed by atoms with Gasteiger partial charge in [0.25, 0.3) is 0 Å². The highest BCUT2D eigenvalue weighted by atomic mass is 19.1. The van der Waals surface area contributed by atoms with Crippen LogP contribution in [0.15, 0.2) is 64.8 Å². The molecule has 2 aromatic carbocycles. The molecule has 0 atom stereocenters. The van der Waals surface area contributed by atoms with Crippen LogP contribution in [-0.4, -0.2) is 17.6 Å². The van der Waals surface area contributed by atoms with Crippen LogP contribution in [0.3, 0.4) is 0 Å². The van der Waals surface area contributed by atoms with Gasteiger partial charge in [-0.1, -0.05) is 42.5 Å². The molecule has 25 heavy (non-hydrogen) atoms. The average Bonchev–Trinajstić information content (AvgIpc) is 3.43. The number of carbonyl (C=O) groups excluding carboxylic acids is 1. The maximum Gasteiger partial charge on any atom is 0.324 e.